The van der Waals surface area contributed by atoms with Gasteiger partial charge in [-0.15, -0.1) is 0 Å². The van der Waals surface area contributed by atoms with E-state index in [1.807, 2.05) is 30.3 Å². The van der Waals surface area contributed by atoms with E-state index < -0.39 is 29.4 Å². The fourth-order valence-electron chi connectivity index (χ4n) is 3.19. The monoisotopic (exact) mass is 381 g/mol. The standard InChI is InChI=1S/C21H23N3O4/c1-14(18(25)22-13-15-8-5-4-6-9-15)24-19(26)21(2,23-20(24)27)16-10-7-11-17(12-16)28-3/h4-12,14H,13H2,1-3H3,(H,22,25)(H,23,27)/t14-,21-/m0/s1. The van der Waals surface area contributed by atoms with Crippen LogP contribution >= 0.6 is 0 Å². The van der Waals surface area contributed by atoms with Crippen LogP contribution < -0.4 is 15.4 Å². The molecule has 0 bridgehead atoms. The molecule has 1 fully saturated rings. The number of nitrogens with zero attached hydrogens (tertiary/aromatic N) is 1. The van der Waals surface area contributed by atoms with Crippen LogP contribution in [0.4, 0.5) is 4.79 Å². The average Bonchev–Trinajstić information content (AvgIpc) is 2.95. The van der Waals surface area contributed by atoms with Crippen LogP contribution in [0.3, 0.4) is 0 Å². The molecule has 1 saturated heterocycles. The molecule has 1 aliphatic rings. The van der Waals surface area contributed by atoms with Crippen LogP contribution in [0.5, 0.6) is 5.75 Å². The summed E-state index contributed by atoms with van der Waals surface area (Å²) in [4.78, 5) is 39.1. The van der Waals surface area contributed by atoms with Gasteiger partial charge < -0.3 is 15.4 Å². The minimum absolute atomic E-state index is 0.320. The van der Waals surface area contributed by atoms with E-state index in [0.717, 1.165) is 10.5 Å². The van der Waals surface area contributed by atoms with Crippen LogP contribution in [0.2, 0.25) is 0 Å². The quantitative estimate of drug-likeness (QED) is 0.751. The second-order valence-corrected chi connectivity index (χ2v) is 6.84. The van der Waals surface area contributed by atoms with Crippen molar-refractivity contribution in [3.05, 3.63) is 65.7 Å². The van der Waals surface area contributed by atoms with Crippen molar-refractivity contribution in [3.8, 4) is 5.75 Å². The zero-order valence-electron chi connectivity index (χ0n) is 16.1. The Morgan fingerprint density at radius 2 is 1.89 bits per heavy atom. The highest BCUT2D eigenvalue weighted by Crippen LogP contribution is 2.31. The van der Waals surface area contributed by atoms with Gasteiger partial charge in [-0.25, -0.2) is 9.69 Å². The number of amides is 4. The second-order valence-electron chi connectivity index (χ2n) is 6.84. The Kier molecular flexibility index (Phi) is 5.35. The van der Waals surface area contributed by atoms with E-state index in [0.29, 0.717) is 17.9 Å². The molecule has 0 spiro atoms. The molecule has 1 heterocycles. The Bertz CT molecular complexity index is 900. The van der Waals surface area contributed by atoms with Gasteiger partial charge in [-0.3, -0.25) is 9.59 Å². The molecule has 7 heteroatoms. The van der Waals surface area contributed by atoms with Gasteiger partial charge in [0.25, 0.3) is 5.91 Å². The van der Waals surface area contributed by atoms with E-state index in [1.54, 1.807) is 31.2 Å². The molecular formula is C21H23N3O4. The number of carbonyl (C=O) groups is 3. The van der Waals surface area contributed by atoms with Crippen molar-refractivity contribution in [2.75, 3.05) is 7.11 Å². The number of hydrogen-bond acceptors (Lipinski definition) is 4. The molecule has 7 nitrogen and oxygen atoms in total. The van der Waals surface area contributed by atoms with E-state index in [2.05, 4.69) is 10.6 Å². The summed E-state index contributed by atoms with van der Waals surface area (Å²) in [5, 5.41) is 5.48. The lowest BCUT2D eigenvalue weighted by Gasteiger charge is -2.25. The number of rotatable bonds is 6. The summed E-state index contributed by atoms with van der Waals surface area (Å²) < 4.78 is 5.21. The van der Waals surface area contributed by atoms with Crippen molar-refractivity contribution in [2.45, 2.75) is 32.0 Å². The number of methoxy groups -OCH3 is 1. The van der Waals surface area contributed by atoms with Gasteiger partial charge >= 0.3 is 6.03 Å². The highest BCUT2D eigenvalue weighted by molar-refractivity contribution is 6.09. The minimum Gasteiger partial charge on any atom is -0.497 e. The first-order chi connectivity index (χ1) is 13.4. The number of hydrogen-bond donors (Lipinski definition) is 2. The lowest BCUT2D eigenvalue weighted by atomic mass is 9.91. The Morgan fingerprint density at radius 1 is 1.18 bits per heavy atom. The third-order valence-corrected chi connectivity index (χ3v) is 4.95. The van der Waals surface area contributed by atoms with E-state index in [-0.39, 0.29) is 0 Å². The molecule has 4 amide bonds. The second kappa shape index (κ2) is 7.72. The normalized spacial score (nSPS) is 19.9. The molecule has 0 saturated carbocycles. The first-order valence-electron chi connectivity index (χ1n) is 8.99. The summed E-state index contributed by atoms with van der Waals surface area (Å²) >= 11 is 0. The zero-order valence-corrected chi connectivity index (χ0v) is 16.1. The Balaban J connectivity index is 1.75. The fraction of sp³-hybridized carbons (Fsp3) is 0.286. The van der Waals surface area contributed by atoms with E-state index in [4.69, 9.17) is 4.74 Å². The van der Waals surface area contributed by atoms with Crippen LogP contribution in [0.25, 0.3) is 0 Å². The number of benzene rings is 2. The summed E-state index contributed by atoms with van der Waals surface area (Å²) in [6.07, 6.45) is 0. The lowest BCUT2D eigenvalue weighted by molar-refractivity contribution is -0.137. The Hall–Kier alpha value is -3.35. The van der Waals surface area contributed by atoms with Gasteiger partial charge in [0.1, 0.15) is 17.3 Å². The van der Waals surface area contributed by atoms with Gasteiger partial charge in [-0.2, -0.15) is 0 Å². The van der Waals surface area contributed by atoms with Crippen molar-refractivity contribution in [1.82, 2.24) is 15.5 Å². The molecule has 2 N–H and O–H groups in total. The van der Waals surface area contributed by atoms with Crippen molar-refractivity contribution >= 4 is 17.8 Å². The number of imide groups is 1. The molecule has 2 aromatic carbocycles. The zero-order chi connectivity index (χ0) is 20.3. The molecule has 2 atom stereocenters. The molecule has 0 unspecified atom stereocenters. The largest absolute Gasteiger partial charge is 0.497 e. The van der Waals surface area contributed by atoms with Crippen molar-refractivity contribution in [2.24, 2.45) is 0 Å². The highest BCUT2D eigenvalue weighted by atomic mass is 16.5. The summed E-state index contributed by atoms with van der Waals surface area (Å²) in [5.74, 6) is -0.303. The lowest BCUT2D eigenvalue weighted by Crippen LogP contribution is -2.49. The SMILES string of the molecule is COc1cccc([C@]2(C)NC(=O)N([C@@H](C)C(=O)NCc3ccccc3)C2=O)c1. The molecule has 0 aliphatic carbocycles. The number of carbonyl (C=O) groups excluding carboxylic acids is 3. The smallest absolute Gasteiger partial charge is 0.326 e. The van der Waals surface area contributed by atoms with Crippen LogP contribution in [-0.4, -0.2) is 35.9 Å². The highest BCUT2D eigenvalue weighted by Gasteiger charge is 2.51. The van der Waals surface area contributed by atoms with Gasteiger partial charge in [0, 0.05) is 6.54 Å². The van der Waals surface area contributed by atoms with E-state index in [9.17, 15) is 14.4 Å². The number of nitrogens with one attached hydrogen (secondary N) is 2. The minimum atomic E-state index is -1.26. The maximum Gasteiger partial charge on any atom is 0.326 e. The first-order valence-corrected chi connectivity index (χ1v) is 8.99. The predicted molar refractivity (Wildman–Crippen MR) is 103 cm³/mol. The van der Waals surface area contributed by atoms with Gasteiger partial charge in [-0.05, 0) is 37.1 Å². The molecule has 3 rings (SSSR count). The summed E-state index contributed by atoms with van der Waals surface area (Å²) in [5.41, 5.74) is 0.255. The van der Waals surface area contributed by atoms with Crippen LogP contribution in [0, 0.1) is 0 Å². The maximum atomic E-state index is 13.1. The number of ether oxygens (including phenoxy) is 1. The summed E-state index contributed by atoms with van der Waals surface area (Å²) in [7, 11) is 1.53. The van der Waals surface area contributed by atoms with Gasteiger partial charge in [0.2, 0.25) is 5.91 Å². The average molecular weight is 381 g/mol. The number of urea groups is 1. The summed E-state index contributed by atoms with van der Waals surface area (Å²) in [6, 6.07) is 14.8. The third-order valence-electron chi connectivity index (χ3n) is 4.95. The van der Waals surface area contributed by atoms with Gasteiger partial charge in [0.15, 0.2) is 0 Å². The molecular weight excluding hydrogens is 358 g/mol. The molecule has 146 valence electrons. The topological polar surface area (TPSA) is 87.7 Å². The summed E-state index contributed by atoms with van der Waals surface area (Å²) in [6.45, 7) is 3.48. The van der Waals surface area contributed by atoms with Crippen LogP contribution in [0.15, 0.2) is 54.6 Å². The molecule has 0 aromatic heterocycles. The maximum absolute atomic E-state index is 13.1. The van der Waals surface area contributed by atoms with Gasteiger partial charge in [0.05, 0.1) is 7.11 Å². The van der Waals surface area contributed by atoms with Crippen molar-refractivity contribution < 1.29 is 19.1 Å². The molecule has 2 aromatic rings. The first kappa shape index (κ1) is 19.4. The molecule has 1 aliphatic heterocycles. The third kappa shape index (κ3) is 3.55. The fourth-order valence-corrected chi connectivity index (χ4v) is 3.19. The predicted octanol–water partition coefficient (Wildman–Crippen LogP) is 2.17. The van der Waals surface area contributed by atoms with Crippen LogP contribution in [-0.2, 0) is 21.7 Å². The van der Waals surface area contributed by atoms with Gasteiger partial charge in [-0.1, -0.05) is 42.5 Å². The van der Waals surface area contributed by atoms with Crippen molar-refractivity contribution in [1.29, 1.82) is 0 Å². The van der Waals surface area contributed by atoms with Crippen molar-refractivity contribution in [3.63, 3.8) is 0 Å². The molecule has 0 radical (unpaired) electrons. The molecule has 28 heavy (non-hydrogen) atoms. The van der Waals surface area contributed by atoms with E-state index in [1.165, 1.54) is 14.0 Å². The Morgan fingerprint density at radius 3 is 2.57 bits per heavy atom. The van der Waals surface area contributed by atoms with Crippen LogP contribution in [0.1, 0.15) is 25.0 Å². The Labute approximate surface area is 163 Å². The van der Waals surface area contributed by atoms with E-state index >= 15 is 0 Å².